The van der Waals surface area contributed by atoms with Crippen molar-refractivity contribution in [3.63, 3.8) is 0 Å². The summed E-state index contributed by atoms with van der Waals surface area (Å²) in [7, 11) is 1.49. The van der Waals surface area contributed by atoms with Crippen LogP contribution < -0.4 is 0 Å². The molecule has 1 aliphatic rings. The normalized spacial score (nSPS) is 14.5. The smallest absolute Gasteiger partial charge is 0.410 e. The molecule has 0 bridgehead atoms. The molecule has 3 heterocycles. The van der Waals surface area contributed by atoms with Crippen molar-refractivity contribution in [2.45, 2.75) is 33.0 Å². The number of rotatable bonds is 6. The highest BCUT2D eigenvalue weighted by atomic mass is 35.5. The molecule has 0 aliphatic carbocycles. The summed E-state index contributed by atoms with van der Waals surface area (Å²) < 4.78 is 30.9. The van der Waals surface area contributed by atoms with Crippen LogP contribution in [-0.4, -0.2) is 77.5 Å². The Hall–Kier alpha value is -3.34. The third-order valence-electron chi connectivity index (χ3n) is 5.91. The van der Waals surface area contributed by atoms with Crippen LogP contribution in [0.3, 0.4) is 0 Å². The Morgan fingerprint density at radius 3 is 2.50 bits per heavy atom. The minimum absolute atomic E-state index is 0.0115. The van der Waals surface area contributed by atoms with Gasteiger partial charge in [-0.3, -0.25) is 9.88 Å². The maximum atomic E-state index is 14.5. The highest BCUT2D eigenvalue weighted by Gasteiger charge is 2.27. The van der Waals surface area contributed by atoms with Crippen LogP contribution in [0.15, 0.2) is 36.5 Å². The van der Waals surface area contributed by atoms with Crippen molar-refractivity contribution in [3.05, 3.63) is 58.6 Å². The molecule has 0 N–H and O–H groups in total. The van der Waals surface area contributed by atoms with Crippen molar-refractivity contribution >= 4 is 34.6 Å². The number of methoxy groups -OCH3 is 1. The van der Waals surface area contributed by atoms with Gasteiger partial charge in [0.1, 0.15) is 23.7 Å². The molecule has 0 saturated carbocycles. The molecule has 1 fully saturated rings. The summed E-state index contributed by atoms with van der Waals surface area (Å²) in [5, 5.41) is 0.735. The number of benzene rings is 1. The van der Waals surface area contributed by atoms with Gasteiger partial charge in [0.2, 0.25) is 0 Å². The van der Waals surface area contributed by atoms with E-state index in [1.165, 1.54) is 13.2 Å². The summed E-state index contributed by atoms with van der Waals surface area (Å²) in [6.45, 7) is 7.44. The van der Waals surface area contributed by atoms with E-state index in [-0.39, 0.29) is 46.8 Å². The zero-order valence-corrected chi connectivity index (χ0v) is 22.5. The van der Waals surface area contributed by atoms with Crippen LogP contribution in [0.1, 0.15) is 36.8 Å². The van der Waals surface area contributed by atoms with E-state index in [4.69, 9.17) is 25.8 Å². The Morgan fingerprint density at radius 1 is 1.13 bits per heavy atom. The molecule has 1 amide bonds. The maximum absolute atomic E-state index is 14.5. The first-order valence-corrected chi connectivity index (χ1v) is 12.5. The topological polar surface area (TPSA) is 94.1 Å². The summed E-state index contributed by atoms with van der Waals surface area (Å²) in [4.78, 5) is 38.2. The number of carbonyl (C=O) groups is 2. The van der Waals surface area contributed by atoms with E-state index in [1.54, 1.807) is 35.4 Å². The van der Waals surface area contributed by atoms with Crippen molar-refractivity contribution in [1.29, 1.82) is 0 Å². The fourth-order valence-electron chi connectivity index (χ4n) is 4.06. The number of carbonyl (C=O) groups excluding carboxylic acids is 2. The summed E-state index contributed by atoms with van der Waals surface area (Å²) in [6.07, 6.45) is 1.18. The average molecular weight is 545 g/mol. The van der Waals surface area contributed by atoms with Gasteiger partial charge in [-0.15, -0.1) is 0 Å². The quantitative estimate of drug-likeness (QED) is 0.404. The van der Waals surface area contributed by atoms with Crippen LogP contribution in [0, 0.1) is 5.82 Å². The standard InChI is InChI=1S/C27H30ClFN4O5/c1-27(2,3)38-26(35)33-11-9-32(10-12-33)16-37-25(34)22-21(15-36-4)30-14-17-13-19(28)24(31-23(17)22)18-7-5-6-8-20(18)29/h5-8,13-14H,9-12,15-16H2,1-4H3. The summed E-state index contributed by atoms with van der Waals surface area (Å²) >= 11 is 6.43. The van der Waals surface area contributed by atoms with Crippen LogP contribution in [0.2, 0.25) is 5.02 Å². The SMILES string of the molecule is COCc1ncc2cc(Cl)c(-c3ccccc3F)nc2c1C(=O)OCN1CCN(C(=O)OC(C)(C)C)CC1. The van der Waals surface area contributed by atoms with Gasteiger partial charge in [-0.2, -0.15) is 0 Å². The van der Waals surface area contributed by atoms with Gasteiger partial charge < -0.3 is 19.1 Å². The molecule has 2 aromatic heterocycles. The van der Waals surface area contributed by atoms with Gasteiger partial charge in [-0.1, -0.05) is 23.7 Å². The summed E-state index contributed by atoms with van der Waals surface area (Å²) in [6, 6.07) is 7.74. The third-order valence-corrected chi connectivity index (χ3v) is 6.19. The number of nitrogens with zero attached hydrogens (tertiary/aromatic N) is 4. The third kappa shape index (κ3) is 6.38. The number of esters is 1. The predicted molar refractivity (Wildman–Crippen MR) is 140 cm³/mol. The highest BCUT2D eigenvalue weighted by Crippen LogP contribution is 2.32. The van der Waals surface area contributed by atoms with Crippen LogP contribution in [0.4, 0.5) is 9.18 Å². The number of aromatic nitrogens is 2. The zero-order valence-electron chi connectivity index (χ0n) is 21.8. The average Bonchev–Trinajstić information content (AvgIpc) is 2.87. The van der Waals surface area contributed by atoms with Gasteiger partial charge in [0, 0.05) is 50.4 Å². The first-order valence-electron chi connectivity index (χ1n) is 12.2. The molecule has 9 nitrogen and oxygen atoms in total. The monoisotopic (exact) mass is 544 g/mol. The number of hydrogen-bond acceptors (Lipinski definition) is 8. The molecule has 1 aromatic carbocycles. The molecule has 0 atom stereocenters. The Morgan fingerprint density at radius 2 is 1.84 bits per heavy atom. The van der Waals surface area contributed by atoms with Gasteiger partial charge in [-0.05, 0) is 39.0 Å². The molecule has 38 heavy (non-hydrogen) atoms. The number of fused-ring (bicyclic) bond motifs is 1. The molecule has 202 valence electrons. The maximum Gasteiger partial charge on any atom is 0.410 e. The largest absolute Gasteiger partial charge is 0.446 e. The summed E-state index contributed by atoms with van der Waals surface area (Å²) in [5.41, 5.74) is 0.612. The Kier molecular flexibility index (Phi) is 8.44. The second-order valence-electron chi connectivity index (χ2n) is 9.90. The molecule has 4 rings (SSSR count). The number of halogens is 2. The Labute approximate surface area is 225 Å². The van der Waals surface area contributed by atoms with Crippen molar-refractivity contribution in [1.82, 2.24) is 19.8 Å². The van der Waals surface area contributed by atoms with Crippen molar-refractivity contribution in [3.8, 4) is 11.3 Å². The van der Waals surface area contributed by atoms with Gasteiger partial charge in [0.15, 0.2) is 0 Å². The van der Waals surface area contributed by atoms with Crippen LogP contribution >= 0.6 is 11.6 Å². The molecular formula is C27H30ClFN4O5. The lowest BCUT2D eigenvalue weighted by molar-refractivity contribution is -0.00763. The van der Waals surface area contributed by atoms with E-state index in [0.29, 0.717) is 37.3 Å². The fourth-order valence-corrected chi connectivity index (χ4v) is 4.32. The Balaban J connectivity index is 1.54. The second-order valence-corrected chi connectivity index (χ2v) is 10.3. The van der Waals surface area contributed by atoms with E-state index >= 15 is 0 Å². The van der Waals surface area contributed by atoms with Gasteiger partial charge in [0.25, 0.3) is 0 Å². The van der Waals surface area contributed by atoms with Crippen LogP contribution in [0.5, 0.6) is 0 Å². The lowest BCUT2D eigenvalue weighted by atomic mass is 10.1. The van der Waals surface area contributed by atoms with Crippen LogP contribution in [-0.2, 0) is 20.8 Å². The number of piperazine rings is 1. The van der Waals surface area contributed by atoms with Gasteiger partial charge in [0.05, 0.1) is 28.5 Å². The van der Waals surface area contributed by atoms with Crippen LogP contribution in [0.25, 0.3) is 22.2 Å². The van der Waals surface area contributed by atoms with Gasteiger partial charge >= 0.3 is 12.1 Å². The first kappa shape index (κ1) is 27.7. The zero-order chi connectivity index (χ0) is 27.4. The van der Waals surface area contributed by atoms with E-state index in [0.717, 1.165) is 0 Å². The van der Waals surface area contributed by atoms with Crippen molar-refractivity contribution in [2.24, 2.45) is 0 Å². The molecule has 0 spiro atoms. The minimum atomic E-state index is -0.640. The fraction of sp³-hybridized carbons (Fsp3) is 0.407. The predicted octanol–water partition coefficient (Wildman–Crippen LogP) is 4.90. The number of amides is 1. The number of pyridine rings is 2. The molecule has 0 radical (unpaired) electrons. The molecule has 0 unspecified atom stereocenters. The van der Waals surface area contributed by atoms with E-state index in [9.17, 15) is 14.0 Å². The molecule has 1 saturated heterocycles. The molecule has 3 aromatic rings. The molecular weight excluding hydrogens is 515 g/mol. The van der Waals surface area contributed by atoms with E-state index in [2.05, 4.69) is 9.97 Å². The lowest BCUT2D eigenvalue weighted by Crippen LogP contribution is -2.50. The summed E-state index contributed by atoms with van der Waals surface area (Å²) in [5.74, 6) is -1.12. The minimum Gasteiger partial charge on any atom is -0.446 e. The first-order chi connectivity index (χ1) is 18.1. The lowest BCUT2D eigenvalue weighted by Gasteiger charge is -2.35. The number of ether oxygens (including phenoxy) is 3. The number of hydrogen-bond donors (Lipinski definition) is 0. The highest BCUT2D eigenvalue weighted by molar-refractivity contribution is 6.33. The van der Waals surface area contributed by atoms with E-state index in [1.807, 2.05) is 25.7 Å². The van der Waals surface area contributed by atoms with Gasteiger partial charge in [-0.25, -0.2) is 19.0 Å². The van der Waals surface area contributed by atoms with Crippen molar-refractivity contribution in [2.75, 3.05) is 40.0 Å². The van der Waals surface area contributed by atoms with E-state index < -0.39 is 17.4 Å². The molecule has 11 heteroatoms. The molecule has 1 aliphatic heterocycles. The second kappa shape index (κ2) is 11.6. The van der Waals surface area contributed by atoms with Crippen molar-refractivity contribution < 1.29 is 28.2 Å². The Bertz CT molecular complexity index is 1340.